The molecule has 1 aromatic heterocycles. The Morgan fingerprint density at radius 1 is 1.00 bits per heavy atom. The zero-order valence-electron chi connectivity index (χ0n) is 9.63. The first-order chi connectivity index (χ1) is 9.09. The SMILES string of the molecule is Nc1ccc(-n2cc(C(F)(F)F)cn2)c(C(F)(F)F)c1. The molecule has 0 atom stereocenters. The van der Waals surface area contributed by atoms with Crippen molar-refractivity contribution in [3.05, 3.63) is 41.7 Å². The van der Waals surface area contributed by atoms with E-state index < -0.39 is 29.2 Å². The van der Waals surface area contributed by atoms with Crippen LogP contribution in [0.3, 0.4) is 0 Å². The highest BCUT2D eigenvalue weighted by atomic mass is 19.4. The number of hydrogen-bond donors (Lipinski definition) is 1. The number of aromatic nitrogens is 2. The van der Waals surface area contributed by atoms with Gasteiger partial charge >= 0.3 is 12.4 Å². The topological polar surface area (TPSA) is 43.8 Å². The van der Waals surface area contributed by atoms with Crippen LogP contribution in [-0.4, -0.2) is 9.78 Å². The molecule has 0 bridgehead atoms. The van der Waals surface area contributed by atoms with Crippen LogP contribution >= 0.6 is 0 Å². The monoisotopic (exact) mass is 295 g/mol. The van der Waals surface area contributed by atoms with E-state index in [1.165, 1.54) is 0 Å². The lowest BCUT2D eigenvalue weighted by Crippen LogP contribution is -2.12. The molecule has 0 aliphatic rings. The molecule has 0 amide bonds. The third-order valence-corrected chi connectivity index (χ3v) is 2.48. The molecule has 3 nitrogen and oxygen atoms in total. The van der Waals surface area contributed by atoms with Gasteiger partial charge in [0.05, 0.1) is 23.0 Å². The molecule has 20 heavy (non-hydrogen) atoms. The quantitative estimate of drug-likeness (QED) is 0.646. The largest absolute Gasteiger partial charge is 0.419 e. The highest BCUT2D eigenvalue weighted by molar-refractivity contribution is 5.52. The van der Waals surface area contributed by atoms with E-state index in [2.05, 4.69) is 5.10 Å². The fourth-order valence-electron chi connectivity index (χ4n) is 1.58. The van der Waals surface area contributed by atoms with Crippen LogP contribution in [0.25, 0.3) is 5.69 Å². The highest BCUT2D eigenvalue weighted by Gasteiger charge is 2.36. The average molecular weight is 295 g/mol. The number of anilines is 1. The Morgan fingerprint density at radius 3 is 2.15 bits per heavy atom. The molecule has 1 aromatic carbocycles. The number of nitrogens with zero attached hydrogens (tertiary/aromatic N) is 2. The number of hydrogen-bond acceptors (Lipinski definition) is 2. The van der Waals surface area contributed by atoms with Crippen molar-refractivity contribution in [2.75, 3.05) is 5.73 Å². The standard InChI is InChI=1S/C11H7F6N3/c12-10(13,14)6-4-19-20(5-6)9-2-1-7(18)3-8(9)11(15,16)17/h1-5H,18H2. The molecular formula is C11H7F6N3. The van der Waals surface area contributed by atoms with Crippen molar-refractivity contribution >= 4 is 5.69 Å². The summed E-state index contributed by atoms with van der Waals surface area (Å²) in [7, 11) is 0. The molecule has 0 aliphatic carbocycles. The first-order valence-corrected chi connectivity index (χ1v) is 5.18. The van der Waals surface area contributed by atoms with Crippen LogP contribution in [0.15, 0.2) is 30.6 Å². The van der Waals surface area contributed by atoms with Gasteiger partial charge < -0.3 is 5.73 Å². The first kappa shape index (κ1) is 14.2. The fraction of sp³-hybridized carbons (Fsp3) is 0.182. The van der Waals surface area contributed by atoms with Gasteiger partial charge in [-0.15, -0.1) is 0 Å². The molecule has 0 radical (unpaired) electrons. The molecule has 1 heterocycles. The number of nitrogens with two attached hydrogens (primary N) is 1. The van der Waals surface area contributed by atoms with E-state index in [1.54, 1.807) is 0 Å². The number of alkyl halides is 6. The van der Waals surface area contributed by atoms with E-state index in [0.717, 1.165) is 12.1 Å². The molecular weight excluding hydrogens is 288 g/mol. The second-order valence-electron chi connectivity index (χ2n) is 3.95. The molecule has 2 aromatic rings. The van der Waals surface area contributed by atoms with Crippen molar-refractivity contribution in [3.63, 3.8) is 0 Å². The van der Waals surface area contributed by atoms with Crippen LogP contribution in [0.2, 0.25) is 0 Å². The molecule has 0 saturated heterocycles. The summed E-state index contributed by atoms with van der Waals surface area (Å²) in [5.41, 5.74) is 2.30. The molecule has 2 rings (SSSR count). The van der Waals surface area contributed by atoms with E-state index in [4.69, 9.17) is 5.73 Å². The summed E-state index contributed by atoms with van der Waals surface area (Å²) < 4.78 is 76.3. The Morgan fingerprint density at radius 2 is 1.65 bits per heavy atom. The summed E-state index contributed by atoms with van der Waals surface area (Å²) in [6.07, 6.45) is -8.49. The molecule has 0 aliphatic heterocycles. The minimum Gasteiger partial charge on any atom is -0.399 e. The molecule has 0 unspecified atom stereocenters. The maximum atomic E-state index is 12.8. The van der Waals surface area contributed by atoms with E-state index >= 15 is 0 Å². The summed E-state index contributed by atoms with van der Waals surface area (Å²) in [6, 6.07) is 2.76. The van der Waals surface area contributed by atoms with E-state index in [1.807, 2.05) is 0 Å². The third kappa shape index (κ3) is 2.70. The van der Waals surface area contributed by atoms with Gasteiger partial charge in [0, 0.05) is 11.9 Å². The second kappa shape index (κ2) is 4.43. The van der Waals surface area contributed by atoms with Gasteiger partial charge in [0.25, 0.3) is 0 Å². The van der Waals surface area contributed by atoms with Crippen molar-refractivity contribution in [2.45, 2.75) is 12.4 Å². The zero-order chi connectivity index (χ0) is 15.1. The summed E-state index contributed by atoms with van der Waals surface area (Å²) in [4.78, 5) is 0. The summed E-state index contributed by atoms with van der Waals surface area (Å²) in [5, 5.41) is 3.31. The van der Waals surface area contributed by atoms with Gasteiger partial charge in [0.15, 0.2) is 0 Å². The Bertz CT molecular complexity index is 626. The average Bonchev–Trinajstić information content (AvgIpc) is 2.76. The summed E-state index contributed by atoms with van der Waals surface area (Å²) in [6.45, 7) is 0. The lowest BCUT2D eigenvalue weighted by atomic mass is 10.1. The molecule has 108 valence electrons. The van der Waals surface area contributed by atoms with Gasteiger partial charge in [-0.2, -0.15) is 31.4 Å². The van der Waals surface area contributed by atoms with Crippen LogP contribution in [-0.2, 0) is 12.4 Å². The Hall–Kier alpha value is -2.19. The van der Waals surface area contributed by atoms with Crippen LogP contribution in [0, 0.1) is 0 Å². The maximum absolute atomic E-state index is 12.8. The lowest BCUT2D eigenvalue weighted by molar-refractivity contribution is -0.137. The molecule has 0 spiro atoms. The third-order valence-electron chi connectivity index (χ3n) is 2.48. The van der Waals surface area contributed by atoms with Crippen LogP contribution in [0.4, 0.5) is 32.0 Å². The maximum Gasteiger partial charge on any atom is 0.419 e. The van der Waals surface area contributed by atoms with Crippen LogP contribution < -0.4 is 5.73 Å². The molecule has 0 fully saturated rings. The number of halogens is 6. The normalized spacial score (nSPS) is 12.7. The van der Waals surface area contributed by atoms with Crippen molar-refractivity contribution in [2.24, 2.45) is 0 Å². The van der Waals surface area contributed by atoms with Crippen molar-refractivity contribution in [1.82, 2.24) is 9.78 Å². The lowest BCUT2D eigenvalue weighted by Gasteiger charge is -2.13. The van der Waals surface area contributed by atoms with Gasteiger partial charge in [0.1, 0.15) is 0 Å². The van der Waals surface area contributed by atoms with Gasteiger partial charge in [-0.1, -0.05) is 0 Å². The second-order valence-corrected chi connectivity index (χ2v) is 3.95. The molecule has 9 heteroatoms. The number of rotatable bonds is 1. The minimum atomic E-state index is -4.75. The van der Waals surface area contributed by atoms with E-state index in [-0.39, 0.29) is 5.69 Å². The highest BCUT2D eigenvalue weighted by Crippen LogP contribution is 2.36. The minimum absolute atomic E-state index is 0.149. The Kier molecular flexibility index (Phi) is 3.15. The predicted octanol–water partition coefficient (Wildman–Crippen LogP) is 3.49. The number of benzene rings is 1. The van der Waals surface area contributed by atoms with Crippen molar-refractivity contribution in [1.29, 1.82) is 0 Å². The van der Waals surface area contributed by atoms with Crippen molar-refractivity contribution < 1.29 is 26.3 Å². The van der Waals surface area contributed by atoms with Gasteiger partial charge in [-0.3, -0.25) is 0 Å². The van der Waals surface area contributed by atoms with Gasteiger partial charge in [-0.25, -0.2) is 4.68 Å². The van der Waals surface area contributed by atoms with Gasteiger partial charge in [-0.05, 0) is 18.2 Å². The predicted molar refractivity (Wildman–Crippen MR) is 58.0 cm³/mol. The van der Waals surface area contributed by atoms with Crippen LogP contribution in [0.5, 0.6) is 0 Å². The smallest absolute Gasteiger partial charge is 0.399 e. The summed E-state index contributed by atoms with van der Waals surface area (Å²) in [5.74, 6) is 0. The van der Waals surface area contributed by atoms with Crippen LogP contribution in [0.1, 0.15) is 11.1 Å². The first-order valence-electron chi connectivity index (χ1n) is 5.18. The van der Waals surface area contributed by atoms with E-state index in [9.17, 15) is 26.3 Å². The van der Waals surface area contributed by atoms with Gasteiger partial charge in [0.2, 0.25) is 0 Å². The molecule has 0 saturated carbocycles. The Labute approximate surface area is 108 Å². The fourth-order valence-corrected chi connectivity index (χ4v) is 1.58. The van der Waals surface area contributed by atoms with Crippen molar-refractivity contribution in [3.8, 4) is 5.69 Å². The zero-order valence-corrected chi connectivity index (χ0v) is 9.63. The Balaban J connectivity index is 2.56. The number of nitrogen functional groups attached to an aromatic ring is 1. The molecule has 2 N–H and O–H groups in total. The summed E-state index contributed by atoms with van der Waals surface area (Å²) >= 11 is 0. The van der Waals surface area contributed by atoms with E-state index in [0.29, 0.717) is 23.1 Å².